The largest absolute Gasteiger partial charge is 0.467 e. The molecule has 1 aromatic carbocycles. The van der Waals surface area contributed by atoms with Crippen LogP contribution in [-0.4, -0.2) is 18.4 Å². The van der Waals surface area contributed by atoms with Crippen LogP contribution in [0.15, 0.2) is 41.0 Å². The number of benzene rings is 1. The molecular formula is C17H17ClN2O3. The Bertz CT molecular complexity index is 727. The maximum absolute atomic E-state index is 12.6. The SMILES string of the molecule is Cc1ccc(Cl)c(N2CCC(C(=O)NCc3ccco3)C2=O)c1. The lowest BCUT2D eigenvalue weighted by molar-refractivity contribution is -0.132. The first-order chi connectivity index (χ1) is 11.1. The van der Waals surface area contributed by atoms with Crippen LogP contribution in [0.2, 0.25) is 5.02 Å². The van der Waals surface area contributed by atoms with E-state index in [0.29, 0.717) is 29.4 Å². The van der Waals surface area contributed by atoms with Crippen molar-refractivity contribution in [2.24, 2.45) is 5.92 Å². The second kappa shape index (κ2) is 6.46. The average molecular weight is 333 g/mol. The maximum atomic E-state index is 12.6. The average Bonchev–Trinajstić information content (AvgIpc) is 3.17. The molecule has 1 aliphatic rings. The van der Waals surface area contributed by atoms with Gasteiger partial charge in [0.15, 0.2) is 0 Å². The van der Waals surface area contributed by atoms with Crippen LogP contribution in [0.25, 0.3) is 0 Å². The number of hydrogen-bond acceptors (Lipinski definition) is 3. The van der Waals surface area contributed by atoms with Crippen molar-refractivity contribution >= 4 is 29.1 Å². The van der Waals surface area contributed by atoms with E-state index < -0.39 is 5.92 Å². The standard InChI is InChI=1S/C17H17ClN2O3/c1-11-4-5-14(18)15(9-11)20-7-6-13(17(20)22)16(21)19-10-12-3-2-8-23-12/h2-5,8-9,13H,6-7,10H2,1H3,(H,19,21). The monoisotopic (exact) mass is 332 g/mol. The van der Waals surface area contributed by atoms with E-state index in [-0.39, 0.29) is 18.4 Å². The number of nitrogens with one attached hydrogen (secondary N) is 1. The highest BCUT2D eigenvalue weighted by atomic mass is 35.5. The van der Waals surface area contributed by atoms with Gasteiger partial charge in [0.2, 0.25) is 11.8 Å². The summed E-state index contributed by atoms with van der Waals surface area (Å²) in [5.74, 6) is -0.518. The van der Waals surface area contributed by atoms with Gasteiger partial charge < -0.3 is 14.6 Å². The first-order valence-electron chi connectivity index (χ1n) is 7.44. The minimum atomic E-state index is -0.679. The molecule has 1 aliphatic heterocycles. The Hall–Kier alpha value is -2.27. The number of hydrogen-bond donors (Lipinski definition) is 1. The summed E-state index contributed by atoms with van der Waals surface area (Å²) in [7, 11) is 0. The predicted octanol–water partition coefficient (Wildman–Crippen LogP) is 2.91. The third-order valence-electron chi connectivity index (χ3n) is 3.93. The summed E-state index contributed by atoms with van der Waals surface area (Å²) in [5, 5.41) is 3.26. The Morgan fingerprint density at radius 3 is 3.00 bits per heavy atom. The van der Waals surface area contributed by atoms with E-state index in [1.807, 2.05) is 19.1 Å². The van der Waals surface area contributed by atoms with Crippen molar-refractivity contribution < 1.29 is 14.0 Å². The third-order valence-corrected chi connectivity index (χ3v) is 4.25. The highest BCUT2D eigenvalue weighted by molar-refractivity contribution is 6.34. The van der Waals surface area contributed by atoms with E-state index in [1.54, 1.807) is 29.4 Å². The van der Waals surface area contributed by atoms with Gasteiger partial charge in [-0.2, -0.15) is 0 Å². The number of halogens is 1. The van der Waals surface area contributed by atoms with E-state index in [4.69, 9.17) is 16.0 Å². The van der Waals surface area contributed by atoms with Gasteiger partial charge in [-0.25, -0.2) is 0 Å². The topological polar surface area (TPSA) is 62.6 Å². The molecule has 2 heterocycles. The number of furan rings is 1. The molecule has 1 saturated heterocycles. The normalized spacial score (nSPS) is 17.6. The van der Waals surface area contributed by atoms with Gasteiger partial charge in [-0.3, -0.25) is 9.59 Å². The lowest BCUT2D eigenvalue weighted by atomic mass is 10.1. The zero-order chi connectivity index (χ0) is 16.4. The van der Waals surface area contributed by atoms with Crippen molar-refractivity contribution in [1.82, 2.24) is 5.32 Å². The fourth-order valence-corrected chi connectivity index (χ4v) is 2.92. The Balaban J connectivity index is 1.68. The Morgan fingerprint density at radius 2 is 2.26 bits per heavy atom. The van der Waals surface area contributed by atoms with Crippen molar-refractivity contribution in [2.45, 2.75) is 19.9 Å². The van der Waals surface area contributed by atoms with E-state index in [2.05, 4.69) is 5.32 Å². The van der Waals surface area contributed by atoms with Gasteiger partial charge in [-0.15, -0.1) is 0 Å². The Labute approximate surface area is 139 Å². The van der Waals surface area contributed by atoms with Crippen LogP contribution in [0.4, 0.5) is 5.69 Å². The van der Waals surface area contributed by atoms with Crippen molar-refractivity contribution in [2.75, 3.05) is 11.4 Å². The van der Waals surface area contributed by atoms with Crippen molar-refractivity contribution in [3.05, 3.63) is 52.9 Å². The molecule has 0 radical (unpaired) electrons. The molecule has 120 valence electrons. The highest BCUT2D eigenvalue weighted by Gasteiger charge is 2.38. The van der Waals surface area contributed by atoms with E-state index in [0.717, 1.165) is 5.56 Å². The molecule has 23 heavy (non-hydrogen) atoms. The van der Waals surface area contributed by atoms with E-state index in [1.165, 1.54) is 0 Å². The second-order valence-corrected chi connectivity index (χ2v) is 5.99. The fourth-order valence-electron chi connectivity index (χ4n) is 2.70. The molecule has 1 aromatic heterocycles. The molecule has 1 fully saturated rings. The van der Waals surface area contributed by atoms with Gasteiger partial charge >= 0.3 is 0 Å². The summed E-state index contributed by atoms with van der Waals surface area (Å²) in [6, 6.07) is 9.05. The molecular weight excluding hydrogens is 316 g/mol. The molecule has 1 atom stereocenters. The van der Waals surface area contributed by atoms with Crippen LogP contribution in [-0.2, 0) is 16.1 Å². The second-order valence-electron chi connectivity index (χ2n) is 5.58. The molecule has 0 aliphatic carbocycles. The zero-order valence-corrected chi connectivity index (χ0v) is 13.5. The smallest absolute Gasteiger partial charge is 0.239 e. The molecule has 3 rings (SSSR count). The van der Waals surface area contributed by atoms with Crippen molar-refractivity contribution in [1.29, 1.82) is 0 Å². The van der Waals surface area contributed by atoms with Crippen molar-refractivity contribution in [3.8, 4) is 0 Å². The van der Waals surface area contributed by atoms with Crippen LogP contribution in [0.3, 0.4) is 0 Å². The third kappa shape index (κ3) is 3.24. The quantitative estimate of drug-likeness (QED) is 0.876. The Kier molecular flexibility index (Phi) is 4.39. The number of carbonyl (C=O) groups is 2. The molecule has 0 saturated carbocycles. The zero-order valence-electron chi connectivity index (χ0n) is 12.7. The number of carbonyl (C=O) groups excluding carboxylic acids is 2. The lowest BCUT2D eigenvalue weighted by Crippen LogP contribution is -2.36. The number of nitrogens with zero attached hydrogens (tertiary/aromatic N) is 1. The predicted molar refractivity (Wildman–Crippen MR) is 87.2 cm³/mol. The van der Waals surface area contributed by atoms with Crippen LogP contribution < -0.4 is 10.2 Å². The van der Waals surface area contributed by atoms with Gasteiger partial charge in [0.25, 0.3) is 0 Å². The van der Waals surface area contributed by atoms with E-state index in [9.17, 15) is 9.59 Å². The number of rotatable bonds is 4. The summed E-state index contributed by atoms with van der Waals surface area (Å²) >= 11 is 6.19. The molecule has 1 unspecified atom stereocenters. The van der Waals surface area contributed by atoms with E-state index >= 15 is 0 Å². The van der Waals surface area contributed by atoms with Gasteiger partial charge in [0.1, 0.15) is 11.7 Å². The summed E-state index contributed by atoms with van der Waals surface area (Å²) in [6.07, 6.45) is 2.02. The van der Waals surface area contributed by atoms with Crippen molar-refractivity contribution in [3.63, 3.8) is 0 Å². The first kappa shape index (κ1) is 15.6. The number of aryl methyl sites for hydroxylation is 1. The minimum absolute atomic E-state index is 0.213. The molecule has 1 N–H and O–H groups in total. The lowest BCUT2D eigenvalue weighted by Gasteiger charge is -2.18. The fraction of sp³-hybridized carbons (Fsp3) is 0.294. The molecule has 5 nitrogen and oxygen atoms in total. The highest BCUT2D eigenvalue weighted by Crippen LogP contribution is 2.32. The molecule has 0 spiro atoms. The molecule has 0 bridgehead atoms. The minimum Gasteiger partial charge on any atom is -0.467 e. The Morgan fingerprint density at radius 1 is 1.43 bits per heavy atom. The van der Waals surface area contributed by atoms with Gasteiger partial charge in [-0.05, 0) is 43.2 Å². The van der Waals surface area contributed by atoms with Gasteiger partial charge in [0, 0.05) is 6.54 Å². The summed E-state index contributed by atoms with van der Waals surface area (Å²) in [6.45, 7) is 2.70. The van der Waals surface area contributed by atoms with Crippen LogP contribution in [0.1, 0.15) is 17.7 Å². The van der Waals surface area contributed by atoms with Crippen LogP contribution in [0.5, 0.6) is 0 Å². The molecule has 2 amide bonds. The molecule has 2 aromatic rings. The van der Waals surface area contributed by atoms with Gasteiger partial charge in [-0.1, -0.05) is 17.7 Å². The van der Waals surface area contributed by atoms with Crippen LogP contribution in [0, 0.1) is 12.8 Å². The maximum Gasteiger partial charge on any atom is 0.239 e. The van der Waals surface area contributed by atoms with Crippen LogP contribution >= 0.6 is 11.6 Å². The number of amides is 2. The molecule has 6 heteroatoms. The summed E-state index contributed by atoms with van der Waals surface area (Å²) < 4.78 is 5.17. The first-order valence-corrected chi connectivity index (χ1v) is 7.81. The summed E-state index contributed by atoms with van der Waals surface area (Å²) in [4.78, 5) is 26.4. The number of anilines is 1. The summed E-state index contributed by atoms with van der Waals surface area (Å²) in [5.41, 5.74) is 1.68. The van der Waals surface area contributed by atoms with Gasteiger partial charge in [0.05, 0.1) is 23.5 Å².